The van der Waals surface area contributed by atoms with Crippen molar-refractivity contribution in [3.63, 3.8) is 0 Å². The predicted octanol–water partition coefficient (Wildman–Crippen LogP) is 2.22. The van der Waals surface area contributed by atoms with E-state index >= 15 is 0 Å². The van der Waals surface area contributed by atoms with Crippen molar-refractivity contribution < 1.29 is 19.7 Å². The van der Waals surface area contributed by atoms with Gasteiger partial charge < -0.3 is 24.8 Å². The number of hydrogen-bond donors (Lipinski definition) is 3. The monoisotopic (exact) mass is 487 g/mol. The number of thiophene rings is 1. The number of carbonyl (C=O) groups is 1. The van der Waals surface area contributed by atoms with Crippen molar-refractivity contribution in [2.45, 2.75) is 44.6 Å². The van der Waals surface area contributed by atoms with Crippen LogP contribution in [0.4, 0.5) is 5.82 Å². The van der Waals surface area contributed by atoms with Crippen LogP contribution in [0.15, 0.2) is 18.5 Å². The van der Waals surface area contributed by atoms with Gasteiger partial charge in [-0.3, -0.25) is 4.79 Å². The van der Waals surface area contributed by atoms with E-state index in [1.165, 1.54) is 11.3 Å². The van der Waals surface area contributed by atoms with E-state index in [0.29, 0.717) is 27.7 Å². The lowest BCUT2D eigenvalue weighted by Gasteiger charge is -2.24. The van der Waals surface area contributed by atoms with Crippen LogP contribution in [0.1, 0.15) is 37.0 Å². The van der Waals surface area contributed by atoms with Crippen LogP contribution in [0.25, 0.3) is 11.2 Å². The highest BCUT2D eigenvalue weighted by atomic mass is 35.5. The number of fused-ring (bicyclic) bond motifs is 2. The third-order valence-electron chi connectivity index (χ3n) is 6.25. The molecule has 3 aromatic heterocycles. The highest BCUT2D eigenvalue weighted by Gasteiger charge is 2.76. The molecule has 11 heteroatoms. The van der Waals surface area contributed by atoms with E-state index in [9.17, 15) is 15.0 Å². The molecule has 9 nitrogen and oxygen atoms in total. The normalized spacial score (nSPS) is 27.8. The van der Waals surface area contributed by atoms with Crippen LogP contribution in [0.3, 0.4) is 0 Å². The van der Waals surface area contributed by atoms with Gasteiger partial charge in [-0.1, -0.05) is 11.6 Å². The number of hydrogen-bond acceptors (Lipinski definition) is 9. The third kappa shape index (κ3) is 3.47. The van der Waals surface area contributed by atoms with E-state index in [-0.39, 0.29) is 17.8 Å². The number of halogens is 1. The second kappa shape index (κ2) is 7.95. The van der Waals surface area contributed by atoms with Crippen LogP contribution >= 0.6 is 22.9 Å². The molecule has 0 radical (unpaired) electrons. The molecule has 0 unspecified atom stereocenters. The Balaban J connectivity index is 1.54. The number of rotatable bonds is 4. The predicted molar refractivity (Wildman–Crippen MR) is 123 cm³/mol. The molecule has 3 heterocycles. The number of aliphatic hydroxyl groups is 2. The SMILES string of the molecule is CNc1nc(C#Cc2ccc(Cl)s2)nc2c1ncn2[C@H]1[C@H](O)[C@H](O)[C@@]2(C(=O)OC(C)C)C[C@H]12. The van der Waals surface area contributed by atoms with Gasteiger partial charge in [0.25, 0.3) is 0 Å². The molecule has 5 atom stereocenters. The minimum atomic E-state index is -1.23. The number of aliphatic hydroxyl groups excluding tert-OH is 2. The molecule has 0 amide bonds. The lowest BCUT2D eigenvalue weighted by molar-refractivity contribution is -0.160. The zero-order valence-electron chi connectivity index (χ0n) is 18.1. The standard InChI is InChI=1S/C22H22ClN5O4S/c1-10(2)32-21(31)22-8-12(22)16(17(29)18(22)30)28-9-25-15-19(24-3)26-14(27-20(15)28)7-5-11-4-6-13(23)33-11/h4,6,9-10,12,16-18,29-30H,8H2,1-3H3,(H,24,26,27)/t12-,16-,17+,18+,22-/m1/s1. The van der Waals surface area contributed by atoms with Gasteiger partial charge in [0, 0.05) is 13.0 Å². The van der Waals surface area contributed by atoms with Gasteiger partial charge in [-0.05, 0) is 44.2 Å². The molecule has 0 saturated heterocycles. The summed E-state index contributed by atoms with van der Waals surface area (Å²) in [5.74, 6) is 5.94. The van der Waals surface area contributed by atoms with Crippen LogP contribution in [0.2, 0.25) is 4.34 Å². The summed E-state index contributed by atoms with van der Waals surface area (Å²) in [6, 6.07) is 3.01. The first kappa shape index (κ1) is 22.1. The molecule has 3 aromatic rings. The maximum absolute atomic E-state index is 12.7. The molecule has 2 saturated carbocycles. The average Bonchev–Trinajstić information content (AvgIpc) is 3.02. The van der Waals surface area contributed by atoms with Crippen LogP contribution in [-0.4, -0.2) is 61.1 Å². The Morgan fingerprint density at radius 1 is 1.36 bits per heavy atom. The number of imidazole rings is 1. The molecule has 0 aliphatic heterocycles. The Morgan fingerprint density at radius 2 is 2.15 bits per heavy atom. The summed E-state index contributed by atoms with van der Waals surface area (Å²) in [7, 11) is 1.72. The first-order valence-electron chi connectivity index (χ1n) is 10.5. The Labute approximate surface area is 198 Å². The van der Waals surface area contributed by atoms with Gasteiger partial charge in [0.2, 0.25) is 5.82 Å². The number of nitrogens with one attached hydrogen (secondary N) is 1. The maximum Gasteiger partial charge on any atom is 0.315 e. The second-order valence-corrected chi connectivity index (χ2v) is 10.3. The number of aromatic nitrogens is 4. The zero-order valence-corrected chi connectivity index (χ0v) is 19.7. The van der Waals surface area contributed by atoms with Crippen molar-refractivity contribution in [3.8, 4) is 11.8 Å². The van der Waals surface area contributed by atoms with Crippen molar-refractivity contribution in [2.75, 3.05) is 12.4 Å². The van der Waals surface area contributed by atoms with Gasteiger partial charge in [0.15, 0.2) is 17.0 Å². The van der Waals surface area contributed by atoms with Crippen LogP contribution < -0.4 is 5.32 Å². The fraction of sp³-hybridized carbons (Fsp3) is 0.455. The van der Waals surface area contributed by atoms with Gasteiger partial charge >= 0.3 is 5.97 Å². The molecule has 2 aliphatic carbocycles. The Bertz CT molecular complexity index is 1310. The van der Waals surface area contributed by atoms with Crippen LogP contribution in [0, 0.1) is 23.2 Å². The summed E-state index contributed by atoms with van der Waals surface area (Å²) in [6.45, 7) is 3.51. The Kier molecular flexibility index (Phi) is 5.33. The van der Waals surface area contributed by atoms with E-state index < -0.39 is 29.6 Å². The summed E-state index contributed by atoms with van der Waals surface area (Å²) in [4.78, 5) is 27.0. The molecule has 2 aliphatic rings. The fourth-order valence-corrected chi connectivity index (χ4v) is 5.60. The third-order valence-corrected chi connectivity index (χ3v) is 7.39. The van der Waals surface area contributed by atoms with Crippen molar-refractivity contribution in [1.82, 2.24) is 19.5 Å². The van der Waals surface area contributed by atoms with E-state index in [1.807, 2.05) is 6.07 Å². The first-order valence-corrected chi connectivity index (χ1v) is 11.7. The molecule has 33 heavy (non-hydrogen) atoms. The minimum Gasteiger partial charge on any atom is -0.462 e. The number of nitrogens with zero attached hydrogens (tertiary/aromatic N) is 4. The topological polar surface area (TPSA) is 122 Å². The lowest BCUT2D eigenvalue weighted by atomic mass is 9.99. The van der Waals surface area contributed by atoms with E-state index in [1.54, 1.807) is 37.9 Å². The van der Waals surface area contributed by atoms with Crippen molar-refractivity contribution >= 4 is 45.9 Å². The first-order chi connectivity index (χ1) is 15.8. The smallest absolute Gasteiger partial charge is 0.315 e. The number of anilines is 1. The lowest BCUT2D eigenvalue weighted by Crippen LogP contribution is -2.38. The van der Waals surface area contributed by atoms with Crippen molar-refractivity contribution in [2.24, 2.45) is 11.3 Å². The van der Waals surface area contributed by atoms with Gasteiger partial charge in [0.1, 0.15) is 11.5 Å². The molecule has 0 bridgehead atoms. The molecule has 0 spiro atoms. The summed E-state index contributed by atoms with van der Waals surface area (Å²) in [5.41, 5.74) is -0.143. The van der Waals surface area contributed by atoms with E-state index in [4.69, 9.17) is 16.3 Å². The number of carbonyl (C=O) groups excluding carboxylic acids is 1. The van der Waals surface area contributed by atoms with Crippen molar-refractivity contribution in [3.05, 3.63) is 33.5 Å². The van der Waals surface area contributed by atoms with Gasteiger partial charge in [-0.15, -0.1) is 11.3 Å². The molecule has 5 rings (SSSR count). The minimum absolute atomic E-state index is 0.271. The Morgan fingerprint density at radius 3 is 2.82 bits per heavy atom. The highest BCUT2D eigenvalue weighted by molar-refractivity contribution is 7.16. The molecule has 2 fully saturated rings. The number of ether oxygens (including phenoxy) is 1. The average molecular weight is 488 g/mol. The molecule has 3 N–H and O–H groups in total. The quantitative estimate of drug-likeness (QED) is 0.378. The molecular weight excluding hydrogens is 466 g/mol. The Hall–Kier alpha value is -2.71. The highest BCUT2D eigenvalue weighted by Crippen LogP contribution is 2.68. The largest absolute Gasteiger partial charge is 0.462 e. The van der Waals surface area contributed by atoms with Gasteiger partial charge in [-0.2, -0.15) is 0 Å². The van der Waals surface area contributed by atoms with Crippen LogP contribution in [-0.2, 0) is 9.53 Å². The summed E-state index contributed by atoms with van der Waals surface area (Å²) < 4.78 is 7.74. The molecular formula is C22H22ClN5O4S. The van der Waals surface area contributed by atoms with Crippen molar-refractivity contribution in [1.29, 1.82) is 0 Å². The molecule has 0 aromatic carbocycles. The van der Waals surface area contributed by atoms with E-state index in [2.05, 4.69) is 32.1 Å². The van der Waals surface area contributed by atoms with E-state index in [0.717, 1.165) is 4.88 Å². The van der Waals surface area contributed by atoms with Gasteiger partial charge in [0.05, 0.1) is 33.8 Å². The molecule has 172 valence electrons. The van der Waals surface area contributed by atoms with Gasteiger partial charge in [-0.25, -0.2) is 15.0 Å². The van der Waals surface area contributed by atoms with Crippen LogP contribution in [0.5, 0.6) is 0 Å². The number of esters is 1. The fourth-order valence-electron chi connectivity index (χ4n) is 4.70. The second-order valence-electron chi connectivity index (χ2n) is 8.55. The summed E-state index contributed by atoms with van der Waals surface area (Å²) >= 11 is 7.33. The maximum atomic E-state index is 12.7. The summed E-state index contributed by atoms with van der Waals surface area (Å²) in [6.07, 6.45) is -0.729. The summed E-state index contributed by atoms with van der Waals surface area (Å²) in [5, 5.41) is 24.7. The zero-order chi connectivity index (χ0) is 23.5.